The van der Waals surface area contributed by atoms with Crippen molar-refractivity contribution in [1.29, 1.82) is 0 Å². The second-order valence-corrected chi connectivity index (χ2v) is 4.11. The van der Waals surface area contributed by atoms with Crippen LogP contribution in [0.1, 0.15) is 18.4 Å². The fourth-order valence-corrected chi connectivity index (χ4v) is 1.87. The van der Waals surface area contributed by atoms with Gasteiger partial charge in [-0.25, -0.2) is 13.6 Å². The molecule has 0 unspecified atom stereocenters. The number of carbonyl (C=O) groups is 1. The molecule has 0 aliphatic heterocycles. The minimum absolute atomic E-state index is 0.0139. The smallest absolute Gasteiger partial charge is 0.328 e. The second kappa shape index (κ2) is 3.52. The van der Waals surface area contributed by atoms with E-state index in [0.717, 1.165) is 12.1 Å². The van der Waals surface area contributed by atoms with Crippen LogP contribution in [-0.2, 0) is 10.3 Å². The van der Waals surface area contributed by atoms with E-state index in [1.807, 2.05) is 0 Å². The Bertz CT molecular complexity index is 425. The molecule has 1 atom stereocenters. The largest absolute Gasteiger partial charge is 0.480 e. The van der Waals surface area contributed by atoms with Crippen molar-refractivity contribution in [2.24, 2.45) is 11.7 Å². The minimum Gasteiger partial charge on any atom is -0.480 e. The molecule has 1 aromatic rings. The van der Waals surface area contributed by atoms with E-state index in [1.54, 1.807) is 0 Å². The molecule has 0 amide bonds. The first kappa shape index (κ1) is 11.0. The average Bonchev–Trinajstić information content (AvgIpc) is 2.97. The zero-order valence-corrected chi connectivity index (χ0v) is 8.41. The van der Waals surface area contributed by atoms with Gasteiger partial charge in [-0.3, -0.25) is 0 Å². The van der Waals surface area contributed by atoms with Crippen LogP contribution in [0.2, 0.25) is 0 Å². The van der Waals surface area contributed by atoms with Crippen LogP contribution in [-0.4, -0.2) is 11.1 Å². The lowest BCUT2D eigenvalue weighted by atomic mass is 9.86. The Kier molecular flexibility index (Phi) is 2.42. The van der Waals surface area contributed by atoms with Gasteiger partial charge < -0.3 is 10.8 Å². The van der Waals surface area contributed by atoms with Crippen molar-refractivity contribution in [3.05, 3.63) is 35.4 Å². The van der Waals surface area contributed by atoms with Crippen molar-refractivity contribution in [2.45, 2.75) is 18.4 Å². The monoisotopic (exact) mass is 227 g/mol. The first-order chi connectivity index (χ1) is 7.44. The van der Waals surface area contributed by atoms with Crippen LogP contribution in [0.3, 0.4) is 0 Å². The Hall–Kier alpha value is -1.49. The first-order valence-electron chi connectivity index (χ1n) is 4.93. The summed E-state index contributed by atoms with van der Waals surface area (Å²) in [7, 11) is 0. The maximum Gasteiger partial charge on any atom is 0.328 e. The molecule has 1 aliphatic carbocycles. The molecule has 86 valence electrons. The predicted octanol–water partition coefficient (Wildman–Crippen LogP) is 1.61. The summed E-state index contributed by atoms with van der Waals surface area (Å²) >= 11 is 0. The standard InChI is InChI=1S/C11H11F2NO2/c12-8-3-7(4-9(13)5-8)11(14,10(15)16)6-1-2-6/h3-6H,1-2,14H2,(H,15,16)/t11-/m1/s1. The number of carboxylic acids is 1. The second-order valence-electron chi connectivity index (χ2n) is 4.11. The van der Waals surface area contributed by atoms with Crippen LogP contribution < -0.4 is 5.73 Å². The third-order valence-corrected chi connectivity index (χ3v) is 2.92. The Morgan fingerprint density at radius 1 is 1.31 bits per heavy atom. The van der Waals surface area contributed by atoms with Crippen molar-refractivity contribution in [3.63, 3.8) is 0 Å². The molecule has 0 spiro atoms. The molecule has 0 aromatic heterocycles. The van der Waals surface area contributed by atoms with Gasteiger partial charge in [0.25, 0.3) is 0 Å². The molecule has 0 heterocycles. The number of rotatable bonds is 3. The summed E-state index contributed by atoms with van der Waals surface area (Å²) in [5.74, 6) is -3.12. The Morgan fingerprint density at radius 3 is 2.19 bits per heavy atom. The number of hydrogen-bond acceptors (Lipinski definition) is 2. The lowest BCUT2D eigenvalue weighted by Gasteiger charge is -2.25. The minimum atomic E-state index is -1.68. The van der Waals surface area contributed by atoms with Gasteiger partial charge in [-0.2, -0.15) is 0 Å². The van der Waals surface area contributed by atoms with Crippen molar-refractivity contribution in [2.75, 3.05) is 0 Å². The topological polar surface area (TPSA) is 63.3 Å². The van der Waals surface area contributed by atoms with E-state index in [-0.39, 0.29) is 11.5 Å². The molecule has 1 saturated carbocycles. The van der Waals surface area contributed by atoms with Gasteiger partial charge >= 0.3 is 5.97 Å². The molecular formula is C11H11F2NO2. The van der Waals surface area contributed by atoms with E-state index in [4.69, 9.17) is 10.8 Å². The Labute approximate surface area is 90.9 Å². The molecule has 5 heteroatoms. The summed E-state index contributed by atoms with van der Waals surface area (Å²) in [6, 6.07) is 2.66. The fourth-order valence-electron chi connectivity index (χ4n) is 1.87. The molecular weight excluding hydrogens is 216 g/mol. The lowest BCUT2D eigenvalue weighted by Crippen LogP contribution is -2.47. The number of aliphatic carboxylic acids is 1. The van der Waals surface area contributed by atoms with Gasteiger partial charge in [-0.1, -0.05) is 0 Å². The van der Waals surface area contributed by atoms with Crippen LogP contribution >= 0.6 is 0 Å². The first-order valence-corrected chi connectivity index (χ1v) is 4.93. The zero-order chi connectivity index (χ0) is 11.9. The third kappa shape index (κ3) is 1.67. The lowest BCUT2D eigenvalue weighted by molar-refractivity contribution is -0.144. The van der Waals surface area contributed by atoms with Crippen LogP contribution in [0.25, 0.3) is 0 Å². The summed E-state index contributed by atoms with van der Waals surface area (Å²) in [6.45, 7) is 0. The van der Waals surface area contributed by atoms with Gasteiger partial charge in [0, 0.05) is 6.07 Å². The number of halogens is 2. The summed E-state index contributed by atoms with van der Waals surface area (Å²) in [5, 5.41) is 9.11. The maximum absolute atomic E-state index is 13.0. The van der Waals surface area contributed by atoms with Gasteiger partial charge in [0.1, 0.15) is 17.2 Å². The molecule has 0 saturated heterocycles. The molecule has 0 radical (unpaired) electrons. The van der Waals surface area contributed by atoms with E-state index in [2.05, 4.69) is 0 Å². The summed E-state index contributed by atoms with van der Waals surface area (Å²) in [5.41, 5.74) is 4.08. The van der Waals surface area contributed by atoms with Crippen LogP contribution in [0, 0.1) is 17.6 Å². The quantitative estimate of drug-likeness (QED) is 0.824. The molecule has 1 fully saturated rings. The molecule has 16 heavy (non-hydrogen) atoms. The summed E-state index contributed by atoms with van der Waals surface area (Å²) in [6.07, 6.45) is 1.34. The van der Waals surface area contributed by atoms with Crippen molar-refractivity contribution in [1.82, 2.24) is 0 Å². The van der Waals surface area contributed by atoms with E-state index < -0.39 is 23.1 Å². The normalized spacial score (nSPS) is 19.2. The Morgan fingerprint density at radius 2 is 1.81 bits per heavy atom. The average molecular weight is 227 g/mol. The van der Waals surface area contributed by atoms with Crippen molar-refractivity contribution >= 4 is 5.97 Å². The highest BCUT2D eigenvalue weighted by molar-refractivity contribution is 5.81. The molecule has 3 nitrogen and oxygen atoms in total. The molecule has 1 aromatic carbocycles. The van der Waals surface area contributed by atoms with Crippen LogP contribution in [0.4, 0.5) is 8.78 Å². The van der Waals surface area contributed by atoms with E-state index in [9.17, 15) is 13.6 Å². The van der Waals surface area contributed by atoms with Gasteiger partial charge in [-0.15, -0.1) is 0 Å². The predicted molar refractivity (Wildman–Crippen MR) is 52.6 cm³/mol. The highest BCUT2D eigenvalue weighted by atomic mass is 19.1. The van der Waals surface area contributed by atoms with Crippen molar-refractivity contribution < 1.29 is 18.7 Å². The third-order valence-electron chi connectivity index (χ3n) is 2.92. The van der Waals surface area contributed by atoms with Crippen LogP contribution in [0.5, 0.6) is 0 Å². The van der Waals surface area contributed by atoms with Crippen molar-refractivity contribution in [3.8, 4) is 0 Å². The van der Waals surface area contributed by atoms with E-state index in [1.165, 1.54) is 0 Å². The highest BCUT2D eigenvalue weighted by Gasteiger charge is 2.49. The molecule has 1 aliphatic rings. The molecule has 0 bridgehead atoms. The SMILES string of the molecule is N[C@@](C(=O)O)(c1cc(F)cc(F)c1)C1CC1. The number of nitrogens with two attached hydrogens (primary N) is 1. The highest BCUT2D eigenvalue weighted by Crippen LogP contribution is 2.44. The van der Waals surface area contributed by atoms with E-state index >= 15 is 0 Å². The summed E-state index contributed by atoms with van der Waals surface area (Å²) < 4.78 is 26.0. The fraction of sp³-hybridized carbons (Fsp3) is 0.364. The number of benzene rings is 1. The van der Waals surface area contributed by atoms with Gasteiger partial charge in [-0.05, 0) is 36.5 Å². The van der Waals surface area contributed by atoms with Crippen LogP contribution in [0.15, 0.2) is 18.2 Å². The number of carboxylic acid groups (broad SMARTS) is 1. The van der Waals surface area contributed by atoms with Gasteiger partial charge in [0.2, 0.25) is 0 Å². The molecule has 2 rings (SSSR count). The maximum atomic E-state index is 13.0. The van der Waals surface area contributed by atoms with Gasteiger partial charge in [0.15, 0.2) is 0 Å². The van der Waals surface area contributed by atoms with Gasteiger partial charge in [0.05, 0.1) is 0 Å². The zero-order valence-electron chi connectivity index (χ0n) is 8.41. The summed E-state index contributed by atoms with van der Waals surface area (Å²) in [4.78, 5) is 11.2. The van der Waals surface area contributed by atoms with E-state index in [0.29, 0.717) is 18.9 Å². The number of hydrogen-bond donors (Lipinski definition) is 2. The molecule has 3 N–H and O–H groups in total. The Balaban J connectivity index is 2.50.